The summed E-state index contributed by atoms with van der Waals surface area (Å²) < 4.78 is 7.87. The molecule has 8 heteroatoms. The number of ether oxygens (including phenoxy) is 1. The Kier molecular flexibility index (Phi) is 5.57. The largest absolute Gasteiger partial charge is 0.465 e. The minimum atomic E-state index is -0.352. The zero-order valence-electron chi connectivity index (χ0n) is 16.0. The average Bonchev–Trinajstić information content (AvgIpc) is 3.08. The lowest BCUT2D eigenvalue weighted by atomic mass is 10.1. The molecule has 6 nitrogen and oxygen atoms in total. The summed E-state index contributed by atoms with van der Waals surface area (Å²) in [4.78, 5) is 34.5. The Labute approximate surface area is 165 Å². The molecule has 0 bridgehead atoms. The zero-order chi connectivity index (χ0) is 19.7. The zero-order valence-corrected chi connectivity index (χ0v) is 17.6. The van der Waals surface area contributed by atoms with Crippen LogP contribution in [0.4, 0.5) is 0 Å². The Morgan fingerprint density at radius 3 is 2.56 bits per heavy atom. The molecule has 0 N–H and O–H groups in total. The number of esters is 1. The van der Waals surface area contributed by atoms with Crippen molar-refractivity contribution in [1.29, 1.82) is 0 Å². The quantitative estimate of drug-likeness (QED) is 0.623. The number of hydrogen-bond acceptors (Lipinski definition) is 6. The number of carbonyl (C=O) groups excluding carboxylic acids is 2. The summed E-state index contributed by atoms with van der Waals surface area (Å²) in [6, 6.07) is 4.08. The van der Waals surface area contributed by atoms with Gasteiger partial charge in [-0.1, -0.05) is 17.4 Å². The van der Waals surface area contributed by atoms with Crippen molar-refractivity contribution in [3.05, 3.63) is 43.6 Å². The molecule has 0 fully saturated rings. The van der Waals surface area contributed by atoms with E-state index in [1.54, 1.807) is 18.4 Å². The maximum atomic E-state index is 12.7. The van der Waals surface area contributed by atoms with E-state index in [1.165, 1.54) is 22.7 Å². The highest BCUT2D eigenvalue weighted by Crippen LogP contribution is 2.24. The molecule has 0 atom stereocenters. The Morgan fingerprint density at radius 1 is 1.19 bits per heavy atom. The topological polar surface area (TPSA) is 73.6 Å². The highest BCUT2D eigenvalue weighted by molar-refractivity contribution is 7.16. The van der Waals surface area contributed by atoms with Crippen molar-refractivity contribution in [1.82, 2.24) is 9.55 Å². The van der Waals surface area contributed by atoms with E-state index < -0.39 is 0 Å². The van der Waals surface area contributed by atoms with Gasteiger partial charge in [0.25, 0.3) is 5.91 Å². The third-order valence-corrected chi connectivity index (χ3v) is 6.29. The number of aromatic nitrogens is 2. The van der Waals surface area contributed by atoms with Crippen LogP contribution in [-0.4, -0.2) is 28.0 Å². The molecule has 0 saturated heterocycles. The van der Waals surface area contributed by atoms with Crippen molar-refractivity contribution < 1.29 is 14.3 Å². The molecule has 2 aromatic heterocycles. The molecule has 27 heavy (non-hydrogen) atoms. The lowest BCUT2D eigenvalue weighted by Gasteiger charge is -2.06. The molecule has 0 saturated carbocycles. The van der Waals surface area contributed by atoms with Crippen LogP contribution in [0.2, 0.25) is 0 Å². The maximum absolute atomic E-state index is 12.7. The molecule has 1 amide bonds. The van der Waals surface area contributed by atoms with E-state index in [0.29, 0.717) is 22.0 Å². The predicted molar refractivity (Wildman–Crippen MR) is 107 cm³/mol. The monoisotopic (exact) mass is 403 g/mol. The number of carbonyl (C=O) groups is 2. The number of benzene rings is 1. The van der Waals surface area contributed by atoms with Crippen molar-refractivity contribution in [2.45, 2.75) is 41.2 Å². The van der Waals surface area contributed by atoms with Gasteiger partial charge in [-0.15, -0.1) is 11.3 Å². The number of fused-ring (bicyclic) bond motifs is 1. The van der Waals surface area contributed by atoms with Crippen molar-refractivity contribution >= 4 is 44.8 Å². The molecule has 0 unspecified atom stereocenters. The van der Waals surface area contributed by atoms with Crippen LogP contribution >= 0.6 is 22.7 Å². The van der Waals surface area contributed by atoms with Crippen LogP contribution in [0.1, 0.15) is 38.4 Å². The fraction of sp³-hybridized carbons (Fsp3) is 0.368. The number of rotatable bonds is 4. The van der Waals surface area contributed by atoms with Crippen LogP contribution in [0.25, 0.3) is 10.2 Å². The SMILES string of the molecule is CCOC(=O)Cn1c(=NC(=O)c2sc(C)nc2C)sc2c(C)cc(C)cc21. The summed E-state index contributed by atoms with van der Waals surface area (Å²) in [5.41, 5.74) is 3.74. The average molecular weight is 404 g/mol. The summed E-state index contributed by atoms with van der Waals surface area (Å²) in [7, 11) is 0. The standard InChI is InChI=1S/C19H21N3O3S2/c1-6-25-15(23)9-22-14-8-10(2)7-11(3)16(14)27-19(22)21-18(24)17-12(4)20-13(5)26-17/h7-8H,6,9H2,1-5H3. The lowest BCUT2D eigenvalue weighted by Crippen LogP contribution is -2.23. The van der Waals surface area contributed by atoms with Crippen LogP contribution in [0.5, 0.6) is 0 Å². The van der Waals surface area contributed by atoms with Gasteiger partial charge in [0.15, 0.2) is 4.80 Å². The van der Waals surface area contributed by atoms with Crippen LogP contribution in [0, 0.1) is 27.7 Å². The van der Waals surface area contributed by atoms with Gasteiger partial charge < -0.3 is 9.30 Å². The second kappa shape index (κ2) is 7.74. The van der Waals surface area contributed by atoms with Gasteiger partial charge in [-0.3, -0.25) is 9.59 Å². The highest BCUT2D eigenvalue weighted by atomic mass is 32.1. The molecule has 2 heterocycles. The Bertz CT molecular complexity index is 1110. The third-order valence-electron chi connectivity index (χ3n) is 4.00. The van der Waals surface area contributed by atoms with Gasteiger partial charge >= 0.3 is 5.97 Å². The van der Waals surface area contributed by atoms with Gasteiger partial charge in [0.05, 0.1) is 27.5 Å². The van der Waals surface area contributed by atoms with Crippen molar-refractivity contribution in [2.75, 3.05) is 6.61 Å². The minimum Gasteiger partial charge on any atom is -0.465 e. The highest BCUT2D eigenvalue weighted by Gasteiger charge is 2.17. The number of nitrogens with zero attached hydrogens (tertiary/aromatic N) is 3. The molecule has 0 spiro atoms. The first-order chi connectivity index (χ1) is 12.8. The molecule has 0 radical (unpaired) electrons. The fourth-order valence-electron chi connectivity index (χ4n) is 2.95. The van der Waals surface area contributed by atoms with Crippen LogP contribution in [0.3, 0.4) is 0 Å². The summed E-state index contributed by atoms with van der Waals surface area (Å²) in [5.74, 6) is -0.688. The molecule has 3 rings (SSSR count). The van der Waals surface area contributed by atoms with E-state index in [0.717, 1.165) is 26.4 Å². The molecule has 0 aliphatic carbocycles. The van der Waals surface area contributed by atoms with Crippen molar-refractivity contribution in [2.24, 2.45) is 4.99 Å². The maximum Gasteiger partial charge on any atom is 0.326 e. The van der Waals surface area contributed by atoms with Gasteiger partial charge in [-0.25, -0.2) is 4.98 Å². The first kappa shape index (κ1) is 19.4. The van der Waals surface area contributed by atoms with E-state index >= 15 is 0 Å². The number of thiazole rings is 2. The lowest BCUT2D eigenvalue weighted by molar-refractivity contribution is -0.143. The minimum absolute atomic E-state index is 0.0174. The first-order valence-electron chi connectivity index (χ1n) is 8.59. The smallest absolute Gasteiger partial charge is 0.326 e. The Balaban J connectivity index is 2.18. The second-order valence-electron chi connectivity index (χ2n) is 6.27. The van der Waals surface area contributed by atoms with Gasteiger partial charge in [0, 0.05) is 0 Å². The Morgan fingerprint density at radius 2 is 1.93 bits per heavy atom. The van der Waals surface area contributed by atoms with E-state index in [-0.39, 0.29) is 18.4 Å². The normalized spacial score (nSPS) is 12.0. The van der Waals surface area contributed by atoms with Gasteiger partial charge in [-0.2, -0.15) is 4.99 Å². The van der Waals surface area contributed by atoms with E-state index in [1.807, 2.05) is 26.8 Å². The van der Waals surface area contributed by atoms with Crippen molar-refractivity contribution in [3.8, 4) is 0 Å². The van der Waals surface area contributed by atoms with Crippen LogP contribution < -0.4 is 4.80 Å². The third kappa shape index (κ3) is 4.01. The molecular weight excluding hydrogens is 382 g/mol. The molecule has 0 aliphatic rings. The molecule has 142 valence electrons. The van der Waals surface area contributed by atoms with Gasteiger partial charge in [0.1, 0.15) is 11.4 Å². The second-order valence-corrected chi connectivity index (χ2v) is 8.45. The van der Waals surface area contributed by atoms with Crippen LogP contribution in [-0.2, 0) is 16.1 Å². The fourth-order valence-corrected chi connectivity index (χ4v) is 4.84. The predicted octanol–water partition coefficient (Wildman–Crippen LogP) is 3.70. The van der Waals surface area contributed by atoms with Crippen molar-refractivity contribution in [3.63, 3.8) is 0 Å². The number of amides is 1. The van der Waals surface area contributed by atoms with E-state index in [2.05, 4.69) is 16.0 Å². The molecular formula is C19H21N3O3S2. The van der Waals surface area contributed by atoms with Gasteiger partial charge in [-0.05, 0) is 51.8 Å². The summed E-state index contributed by atoms with van der Waals surface area (Å²) in [6.45, 7) is 9.78. The van der Waals surface area contributed by atoms with E-state index in [4.69, 9.17) is 4.74 Å². The Hall–Kier alpha value is -2.32. The molecule has 3 aromatic rings. The molecule has 1 aromatic carbocycles. The first-order valence-corrected chi connectivity index (χ1v) is 10.2. The number of aryl methyl sites for hydroxylation is 4. The van der Waals surface area contributed by atoms with Gasteiger partial charge in [0.2, 0.25) is 0 Å². The van der Waals surface area contributed by atoms with E-state index in [9.17, 15) is 9.59 Å². The van der Waals surface area contributed by atoms with Crippen LogP contribution in [0.15, 0.2) is 17.1 Å². The summed E-state index contributed by atoms with van der Waals surface area (Å²) in [6.07, 6.45) is 0. The summed E-state index contributed by atoms with van der Waals surface area (Å²) >= 11 is 2.74. The molecule has 0 aliphatic heterocycles. The number of hydrogen-bond donors (Lipinski definition) is 0. The summed E-state index contributed by atoms with van der Waals surface area (Å²) in [5, 5.41) is 0.827.